The number of rotatable bonds is 6. The molecule has 0 heterocycles. The topological polar surface area (TPSA) is 183 Å². The third-order valence-electron chi connectivity index (χ3n) is 7.21. The summed E-state index contributed by atoms with van der Waals surface area (Å²) in [7, 11) is 3.17. The first kappa shape index (κ1) is 24.9. The van der Waals surface area contributed by atoms with Crippen LogP contribution in [0.5, 0.6) is 5.75 Å². The van der Waals surface area contributed by atoms with E-state index in [1.54, 1.807) is 20.2 Å². The molecule has 11 heteroatoms. The standard InChI is InChI=1S/C24H29N3O8/c1-4-35-26-9-10-5-6-14(28)16-12(10)7-11-8-13-18(27(2)3)20(30)17(23(25)33)22(32)24(13,34)21(31)15(11)19(16)29/h5-6,11,13,18,26,28,30-31,34H,4,7-9H2,1-3H3,(H2,25,33)/t11-,13-,18+,24-/m0/s1. The molecule has 35 heavy (non-hydrogen) atoms. The fraction of sp³-hybridized carbons (Fsp3) is 0.458. The fourth-order valence-corrected chi connectivity index (χ4v) is 5.71. The Kier molecular flexibility index (Phi) is 6.22. The van der Waals surface area contributed by atoms with Gasteiger partial charge in [-0.3, -0.25) is 19.3 Å². The predicted molar refractivity (Wildman–Crippen MR) is 122 cm³/mol. The van der Waals surface area contributed by atoms with E-state index in [0.29, 0.717) is 17.7 Å². The van der Waals surface area contributed by atoms with E-state index in [-0.39, 0.29) is 36.3 Å². The van der Waals surface area contributed by atoms with Crippen LogP contribution in [0.25, 0.3) is 0 Å². The average molecular weight is 488 g/mol. The highest BCUT2D eigenvalue weighted by molar-refractivity contribution is 6.24. The molecule has 1 aromatic rings. The fourth-order valence-electron chi connectivity index (χ4n) is 5.71. The largest absolute Gasteiger partial charge is 0.510 e. The second-order valence-electron chi connectivity index (χ2n) is 9.31. The molecule has 0 saturated heterocycles. The molecule has 0 aromatic heterocycles. The number of aliphatic hydroxyl groups is 3. The first-order valence-corrected chi connectivity index (χ1v) is 11.3. The number of hydrogen-bond acceptors (Lipinski definition) is 10. The SMILES string of the molecule is CCONCc1ccc(O)c2c1C[C@H]1C[C@H]3[C@@H](N(C)C)C(O)=C(C(N)=O)C(=O)[C@@]3(O)C(O)=C1C2=O. The summed E-state index contributed by atoms with van der Waals surface area (Å²) in [6.07, 6.45) is 0.270. The minimum Gasteiger partial charge on any atom is -0.510 e. The summed E-state index contributed by atoms with van der Waals surface area (Å²) in [6, 6.07) is 2.00. The second kappa shape index (κ2) is 8.76. The number of aromatic hydroxyl groups is 1. The second-order valence-corrected chi connectivity index (χ2v) is 9.31. The van der Waals surface area contributed by atoms with Crippen molar-refractivity contribution in [1.29, 1.82) is 0 Å². The Labute approximate surface area is 201 Å². The van der Waals surface area contributed by atoms with Crippen LogP contribution in [-0.4, -0.2) is 75.1 Å². The van der Waals surface area contributed by atoms with Gasteiger partial charge in [0.15, 0.2) is 11.4 Å². The summed E-state index contributed by atoms with van der Waals surface area (Å²) in [5.41, 5.74) is 5.70. The van der Waals surface area contributed by atoms with Crippen LogP contribution in [0.3, 0.4) is 0 Å². The molecule has 4 atom stereocenters. The molecule has 0 unspecified atom stereocenters. The molecule has 3 aliphatic rings. The van der Waals surface area contributed by atoms with Gasteiger partial charge >= 0.3 is 0 Å². The molecule has 0 aliphatic heterocycles. The van der Waals surface area contributed by atoms with Gasteiger partial charge in [-0.05, 0) is 57.0 Å². The zero-order valence-corrected chi connectivity index (χ0v) is 19.7. The third-order valence-corrected chi connectivity index (χ3v) is 7.21. The van der Waals surface area contributed by atoms with E-state index in [1.165, 1.54) is 11.0 Å². The molecule has 1 aromatic carbocycles. The first-order valence-electron chi connectivity index (χ1n) is 11.3. The number of phenolic OH excluding ortho intramolecular Hbond substituents is 1. The minimum atomic E-state index is -2.64. The summed E-state index contributed by atoms with van der Waals surface area (Å²) in [6.45, 7) is 2.50. The molecular weight excluding hydrogens is 458 g/mol. The van der Waals surface area contributed by atoms with Gasteiger partial charge in [-0.2, -0.15) is 5.48 Å². The van der Waals surface area contributed by atoms with Crippen molar-refractivity contribution in [2.75, 3.05) is 20.7 Å². The first-order chi connectivity index (χ1) is 16.5. The van der Waals surface area contributed by atoms with Gasteiger partial charge in [-0.15, -0.1) is 0 Å². The van der Waals surface area contributed by atoms with Crippen LogP contribution in [0.2, 0.25) is 0 Å². The number of fused-ring (bicyclic) bond motifs is 3. The number of hydrogen-bond donors (Lipinski definition) is 6. The lowest BCUT2D eigenvalue weighted by Crippen LogP contribution is -2.63. The van der Waals surface area contributed by atoms with Gasteiger partial charge in [0.05, 0.1) is 18.2 Å². The number of allylic oxidation sites excluding steroid dienone is 1. The Morgan fingerprint density at radius 3 is 2.54 bits per heavy atom. The molecule has 7 N–H and O–H groups in total. The van der Waals surface area contributed by atoms with E-state index >= 15 is 0 Å². The average Bonchev–Trinajstić information content (AvgIpc) is 2.77. The molecule has 0 bridgehead atoms. The van der Waals surface area contributed by atoms with Crippen molar-refractivity contribution >= 4 is 17.5 Å². The van der Waals surface area contributed by atoms with E-state index in [1.807, 2.05) is 6.92 Å². The van der Waals surface area contributed by atoms with E-state index in [2.05, 4.69) is 5.48 Å². The summed E-state index contributed by atoms with van der Waals surface area (Å²) >= 11 is 0. The Bertz CT molecular complexity index is 1190. The predicted octanol–water partition coefficient (Wildman–Crippen LogP) is 0.162. The number of nitrogens with one attached hydrogen (secondary N) is 1. The summed E-state index contributed by atoms with van der Waals surface area (Å²) in [5.74, 6) is -6.68. The van der Waals surface area contributed by atoms with Crippen molar-refractivity contribution in [2.24, 2.45) is 17.6 Å². The Balaban J connectivity index is 1.89. The maximum absolute atomic E-state index is 13.6. The number of nitrogens with zero attached hydrogens (tertiary/aromatic N) is 1. The summed E-state index contributed by atoms with van der Waals surface area (Å²) in [4.78, 5) is 45.5. The van der Waals surface area contributed by atoms with Crippen LogP contribution in [0.1, 0.15) is 34.8 Å². The molecule has 0 radical (unpaired) electrons. The Hall–Kier alpha value is -3.25. The maximum atomic E-state index is 13.6. The smallest absolute Gasteiger partial charge is 0.255 e. The minimum absolute atomic E-state index is 0.0263. The number of likely N-dealkylation sites (N-methyl/N-ethyl adjacent to an activating group) is 1. The summed E-state index contributed by atoms with van der Waals surface area (Å²) in [5, 5.41) is 44.1. The molecular formula is C24H29N3O8. The van der Waals surface area contributed by atoms with Gasteiger partial charge in [-0.1, -0.05) is 6.07 Å². The number of hydroxylamine groups is 1. The van der Waals surface area contributed by atoms with Gasteiger partial charge in [0.1, 0.15) is 22.8 Å². The van der Waals surface area contributed by atoms with Gasteiger partial charge in [0.25, 0.3) is 5.91 Å². The maximum Gasteiger partial charge on any atom is 0.255 e. The Morgan fingerprint density at radius 2 is 1.94 bits per heavy atom. The summed E-state index contributed by atoms with van der Waals surface area (Å²) < 4.78 is 0. The highest BCUT2D eigenvalue weighted by Crippen LogP contribution is 2.52. The number of amides is 1. The molecule has 1 amide bonds. The van der Waals surface area contributed by atoms with Gasteiger partial charge in [0, 0.05) is 18.0 Å². The lowest BCUT2D eigenvalue weighted by molar-refractivity contribution is -0.148. The van der Waals surface area contributed by atoms with E-state index < -0.39 is 58.0 Å². The van der Waals surface area contributed by atoms with E-state index in [0.717, 1.165) is 0 Å². The Morgan fingerprint density at radius 1 is 1.26 bits per heavy atom. The number of phenols is 1. The highest BCUT2D eigenvalue weighted by atomic mass is 16.6. The van der Waals surface area contributed by atoms with Crippen LogP contribution in [0, 0.1) is 11.8 Å². The van der Waals surface area contributed by atoms with E-state index in [4.69, 9.17) is 10.6 Å². The molecule has 0 spiro atoms. The molecule has 11 nitrogen and oxygen atoms in total. The number of ketones is 2. The van der Waals surface area contributed by atoms with Gasteiger partial charge in [0.2, 0.25) is 5.78 Å². The van der Waals surface area contributed by atoms with Crippen molar-refractivity contribution in [1.82, 2.24) is 10.4 Å². The van der Waals surface area contributed by atoms with Crippen LogP contribution in [0.15, 0.2) is 34.8 Å². The quantitative estimate of drug-likeness (QED) is 0.184. The molecule has 188 valence electrons. The highest BCUT2D eigenvalue weighted by Gasteiger charge is 2.63. The number of primary amides is 1. The number of nitrogens with two attached hydrogens (primary N) is 1. The van der Waals surface area contributed by atoms with Crippen molar-refractivity contribution in [2.45, 2.75) is 38.0 Å². The molecule has 4 rings (SSSR count). The number of Topliss-reactive ketones (excluding diaryl/α,β-unsaturated/α-hetero) is 2. The van der Waals surface area contributed by atoms with E-state index in [9.17, 15) is 34.8 Å². The van der Waals surface area contributed by atoms with Gasteiger partial charge in [-0.25, -0.2) is 0 Å². The third kappa shape index (κ3) is 3.54. The zero-order valence-electron chi connectivity index (χ0n) is 19.7. The lowest BCUT2D eigenvalue weighted by atomic mass is 9.58. The van der Waals surface area contributed by atoms with Gasteiger partial charge < -0.3 is 31.0 Å². The van der Waals surface area contributed by atoms with Crippen molar-refractivity contribution in [3.8, 4) is 5.75 Å². The number of carbonyl (C=O) groups is 3. The number of benzene rings is 1. The van der Waals surface area contributed by atoms with Crippen molar-refractivity contribution in [3.05, 3.63) is 51.5 Å². The van der Waals surface area contributed by atoms with Crippen LogP contribution < -0.4 is 11.2 Å². The molecule has 0 saturated carbocycles. The lowest BCUT2D eigenvalue weighted by Gasteiger charge is -2.50. The molecule has 0 fully saturated rings. The van der Waals surface area contributed by atoms with Crippen molar-refractivity contribution in [3.63, 3.8) is 0 Å². The number of aliphatic hydroxyl groups excluding tert-OH is 2. The van der Waals surface area contributed by atoms with Crippen LogP contribution in [0.4, 0.5) is 0 Å². The van der Waals surface area contributed by atoms with Crippen LogP contribution in [-0.2, 0) is 27.4 Å². The normalized spacial score (nSPS) is 28.2. The van der Waals surface area contributed by atoms with Crippen LogP contribution >= 0.6 is 0 Å². The zero-order chi connectivity index (χ0) is 25.8. The molecule has 3 aliphatic carbocycles. The number of carbonyl (C=O) groups excluding carboxylic acids is 3. The monoisotopic (exact) mass is 487 g/mol. The van der Waals surface area contributed by atoms with Crippen molar-refractivity contribution < 1.29 is 39.6 Å².